The van der Waals surface area contributed by atoms with Crippen molar-refractivity contribution >= 4 is 0 Å². The summed E-state index contributed by atoms with van der Waals surface area (Å²) in [6, 6.07) is 1.88. The van der Waals surface area contributed by atoms with Crippen LogP contribution in [0.3, 0.4) is 0 Å². The smallest absolute Gasteiger partial charge is 0.159 e. The maximum atomic E-state index is 4.60. The molecule has 0 spiro atoms. The van der Waals surface area contributed by atoms with Gasteiger partial charge in [-0.25, -0.2) is 15.0 Å². The number of rotatable bonds is 4. The molecule has 3 aromatic rings. The number of aryl methyl sites for hydroxylation is 1. The van der Waals surface area contributed by atoms with Gasteiger partial charge in [0.25, 0.3) is 0 Å². The summed E-state index contributed by atoms with van der Waals surface area (Å²) >= 11 is 0. The highest BCUT2D eigenvalue weighted by molar-refractivity contribution is 5.49. The minimum Gasteiger partial charge on any atom is -0.324 e. The van der Waals surface area contributed by atoms with Gasteiger partial charge >= 0.3 is 0 Å². The van der Waals surface area contributed by atoms with E-state index >= 15 is 0 Å². The fraction of sp³-hybridized carbons (Fsp3) is 0.312. The molecule has 22 heavy (non-hydrogen) atoms. The van der Waals surface area contributed by atoms with Crippen molar-refractivity contribution in [3.8, 4) is 11.5 Å². The Labute approximate surface area is 129 Å². The predicted molar refractivity (Wildman–Crippen MR) is 83.2 cm³/mol. The van der Waals surface area contributed by atoms with Crippen LogP contribution in [0.4, 0.5) is 0 Å². The van der Waals surface area contributed by atoms with E-state index in [1.54, 1.807) is 24.8 Å². The third-order valence-electron chi connectivity index (χ3n) is 3.30. The van der Waals surface area contributed by atoms with E-state index in [2.05, 4.69) is 38.8 Å². The Balaban J connectivity index is 1.92. The fourth-order valence-electron chi connectivity index (χ4n) is 2.12. The first-order valence-corrected chi connectivity index (χ1v) is 7.25. The van der Waals surface area contributed by atoms with Gasteiger partial charge in [-0.3, -0.25) is 9.97 Å². The van der Waals surface area contributed by atoms with E-state index in [0.29, 0.717) is 6.54 Å². The molecule has 0 aliphatic rings. The molecule has 0 saturated carbocycles. The average Bonchev–Trinajstić information content (AvgIpc) is 2.98. The lowest BCUT2D eigenvalue weighted by Crippen LogP contribution is -2.06. The summed E-state index contributed by atoms with van der Waals surface area (Å²) in [5, 5.41) is 0. The second kappa shape index (κ2) is 6.01. The summed E-state index contributed by atoms with van der Waals surface area (Å²) < 4.78 is 2.02. The molecule has 0 aliphatic carbocycles. The number of imidazole rings is 1. The Bertz CT molecular complexity index is 760. The normalized spacial score (nSPS) is 11.1. The van der Waals surface area contributed by atoms with E-state index in [9.17, 15) is 0 Å². The Morgan fingerprint density at radius 1 is 1.05 bits per heavy atom. The van der Waals surface area contributed by atoms with E-state index in [4.69, 9.17) is 0 Å². The van der Waals surface area contributed by atoms with Gasteiger partial charge in [-0.2, -0.15) is 0 Å². The van der Waals surface area contributed by atoms with Crippen molar-refractivity contribution in [3.63, 3.8) is 0 Å². The quantitative estimate of drug-likeness (QED) is 0.739. The number of nitrogens with zero attached hydrogens (tertiary/aromatic N) is 6. The maximum absolute atomic E-state index is 4.60. The van der Waals surface area contributed by atoms with E-state index in [1.807, 2.05) is 23.8 Å². The SMILES string of the molecule is Cc1cnc(Cn2ccnc2-c2ccnc(C(C)C)n2)cn1. The number of hydrogen-bond donors (Lipinski definition) is 0. The topological polar surface area (TPSA) is 69.4 Å². The molecule has 6 heteroatoms. The second-order valence-corrected chi connectivity index (χ2v) is 5.48. The molecule has 0 aliphatic heterocycles. The van der Waals surface area contributed by atoms with Crippen molar-refractivity contribution in [2.45, 2.75) is 33.2 Å². The summed E-state index contributed by atoms with van der Waals surface area (Å²) in [4.78, 5) is 22.0. The Morgan fingerprint density at radius 2 is 1.91 bits per heavy atom. The first kappa shape index (κ1) is 14.3. The summed E-state index contributed by atoms with van der Waals surface area (Å²) in [5.41, 5.74) is 2.62. The van der Waals surface area contributed by atoms with E-state index < -0.39 is 0 Å². The molecule has 6 nitrogen and oxygen atoms in total. The molecule has 0 atom stereocenters. The van der Waals surface area contributed by atoms with E-state index in [1.165, 1.54) is 0 Å². The van der Waals surface area contributed by atoms with Crippen LogP contribution in [0.5, 0.6) is 0 Å². The molecule has 0 aromatic carbocycles. The highest BCUT2D eigenvalue weighted by Crippen LogP contribution is 2.18. The summed E-state index contributed by atoms with van der Waals surface area (Å²) in [6.07, 6.45) is 9.04. The van der Waals surface area contributed by atoms with Gasteiger partial charge in [0.05, 0.1) is 24.1 Å². The fourth-order valence-corrected chi connectivity index (χ4v) is 2.12. The average molecular weight is 294 g/mol. The molecule has 0 fully saturated rings. The molecule has 3 rings (SSSR count). The standard InChI is InChI=1S/C16H18N6/c1-11(2)15-17-5-4-14(21-15)16-18-6-7-22(16)10-13-9-19-12(3)8-20-13/h4-9,11H,10H2,1-3H3. The van der Waals surface area contributed by atoms with Crippen LogP contribution in [0.2, 0.25) is 0 Å². The molecule has 0 unspecified atom stereocenters. The highest BCUT2D eigenvalue weighted by Gasteiger charge is 2.11. The zero-order chi connectivity index (χ0) is 15.5. The van der Waals surface area contributed by atoms with Crippen molar-refractivity contribution in [2.75, 3.05) is 0 Å². The van der Waals surface area contributed by atoms with Crippen molar-refractivity contribution in [1.82, 2.24) is 29.5 Å². The van der Waals surface area contributed by atoms with Crippen molar-refractivity contribution in [3.05, 3.63) is 54.3 Å². The third kappa shape index (κ3) is 3.00. The molecule has 0 radical (unpaired) electrons. The summed E-state index contributed by atoms with van der Waals surface area (Å²) in [6.45, 7) is 6.69. The number of aromatic nitrogens is 6. The van der Waals surface area contributed by atoms with Crippen molar-refractivity contribution < 1.29 is 0 Å². The van der Waals surface area contributed by atoms with Crippen molar-refractivity contribution in [1.29, 1.82) is 0 Å². The van der Waals surface area contributed by atoms with Gasteiger partial charge in [-0.05, 0) is 13.0 Å². The molecule has 3 aromatic heterocycles. The van der Waals surface area contributed by atoms with Crippen molar-refractivity contribution in [2.24, 2.45) is 0 Å². The van der Waals surface area contributed by atoms with Crippen LogP contribution in [-0.4, -0.2) is 29.5 Å². The van der Waals surface area contributed by atoms with Crippen LogP contribution < -0.4 is 0 Å². The van der Waals surface area contributed by atoms with E-state index in [0.717, 1.165) is 28.7 Å². The largest absolute Gasteiger partial charge is 0.324 e. The van der Waals surface area contributed by atoms with Crippen LogP contribution in [0.1, 0.15) is 37.0 Å². The zero-order valence-electron chi connectivity index (χ0n) is 12.9. The summed E-state index contributed by atoms with van der Waals surface area (Å²) in [5.74, 6) is 1.92. The Kier molecular flexibility index (Phi) is 3.91. The van der Waals surface area contributed by atoms with Gasteiger partial charge in [-0.1, -0.05) is 13.8 Å². The lowest BCUT2D eigenvalue weighted by atomic mass is 10.2. The van der Waals surface area contributed by atoms with Gasteiger partial charge in [0, 0.05) is 30.7 Å². The highest BCUT2D eigenvalue weighted by atomic mass is 15.1. The molecule has 0 saturated heterocycles. The lowest BCUT2D eigenvalue weighted by molar-refractivity contribution is 0.754. The lowest BCUT2D eigenvalue weighted by Gasteiger charge is -2.09. The minimum absolute atomic E-state index is 0.284. The third-order valence-corrected chi connectivity index (χ3v) is 3.30. The zero-order valence-corrected chi connectivity index (χ0v) is 12.9. The minimum atomic E-state index is 0.284. The van der Waals surface area contributed by atoms with Gasteiger partial charge in [0.15, 0.2) is 5.82 Å². The molecule has 0 amide bonds. The van der Waals surface area contributed by atoms with Crippen LogP contribution in [0.25, 0.3) is 11.5 Å². The van der Waals surface area contributed by atoms with Gasteiger partial charge in [-0.15, -0.1) is 0 Å². The first-order chi connectivity index (χ1) is 10.6. The number of hydrogen-bond acceptors (Lipinski definition) is 5. The Morgan fingerprint density at radius 3 is 2.64 bits per heavy atom. The maximum Gasteiger partial charge on any atom is 0.159 e. The van der Waals surface area contributed by atoms with E-state index in [-0.39, 0.29) is 5.92 Å². The van der Waals surface area contributed by atoms with Gasteiger partial charge < -0.3 is 4.57 Å². The van der Waals surface area contributed by atoms with Crippen LogP contribution in [0.15, 0.2) is 37.1 Å². The molecule has 3 heterocycles. The van der Waals surface area contributed by atoms with Gasteiger partial charge in [0.1, 0.15) is 11.5 Å². The summed E-state index contributed by atoms with van der Waals surface area (Å²) in [7, 11) is 0. The predicted octanol–water partition coefficient (Wildman–Crippen LogP) is 2.61. The monoisotopic (exact) mass is 294 g/mol. The second-order valence-electron chi connectivity index (χ2n) is 5.48. The van der Waals surface area contributed by atoms with Crippen LogP contribution >= 0.6 is 0 Å². The molecule has 0 bridgehead atoms. The molecular weight excluding hydrogens is 276 g/mol. The molecular formula is C16H18N6. The van der Waals surface area contributed by atoms with Crippen LogP contribution in [0, 0.1) is 6.92 Å². The Hall–Kier alpha value is -2.63. The first-order valence-electron chi connectivity index (χ1n) is 7.25. The van der Waals surface area contributed by atoms with Gasteiger partial charge in [0.2, 0.25) is 0 Å². The van der Waals surface area contributed by atoms with Crippen LogP contribution in [-0.2, 0) is 6.54 Å². The molecule has 112 valence electrons. The molecule has 0 N–H and O–H groups in total.